The summed E-state index contributed by atoms with van der Waals surface area (Å²) < 4.78 is 5.20. The topological polar surface area (TPSA) is 106 Å². The third-order valence-corrected chi connectivity index (χ3v) is 5.36. The molecule has 0 unspecified atom stereocenters. The van der Waals surface area contributed by atoms with Gasteiger partial charge in [-0.1, -0.05) is 54.1 Å². The van der Waals surface area contributed by atoms with Gasteiger partial charge in [-0.25, -0.2) is 9.78 Å². The van der Waals surface area contributed by atoms with E-state index in [9.17, 15) is 19.2 Å². The molecule has 1 aromatic heterocycles. The number of pyridine rings is 1. The first-order valence-electron chi connectivity index (χ1n) is 10.0. The van der Waals surface area contributed by atoms with Gasteiger partial charge in [0, 0.05) is 12.6 Å². The fourth-order valence-corrected chi connectivity index (χ4v) is 3.67. The molecule has 1 aliphatic heterocycles. The molecule has 4 rings (SSSR count). The highest BCUT2D eigenvalue weighted by atomic mass is 35.5. The molecule has 0 saturated heterocycles. The van der Waals surface area contributed by atoms with Crippen LogP contribution in [0.1, 0.15) is 26.3 Å². The number of carbonyl (C=O) groups is 4. The molecule has 8 nitrogen and oxygen atoms in total. The van der Waals surface area contributed by atoms with Crippen LogP contribution in [0.4, 0.5) is 5.69 Å². The van der Waals surface area contributed by atoms with Gasteiger partial charge in [-0.15, -0.1) is 0 Å². The lowest BCUT2D eigenvalue weighted by Crippen LogP contribution is -2.47. The van der Waals surface area contributed by atoms with Gasteiger partial charge in [0.15, 0.2) is 11.8 Å². The number of imide groups is 1. The Kier molecular flexibility index (Phi) is 6.46. The number of ether oxygens (including phenoxy) is 1. The second-order valence-electron chi connectivity index (χ2n) is 7.23. The minimum absolute atomic E-state index is 0.0429. The lowest BCUT2D eigenvalue weighted by atomic mass is 10.0. The summed E-state index contributed by atoms with van der Waals surface area (Å²) in [5.74, 6) is -2.68. The molecule has 33 heavy (non-hydrogen) atoms. The summed E-state index contributed by atoms with van der Waals surface area (Å²) in [6.07, 6.45) is 1.51. The van der Waals surface area contributed by atoms with Crippen LogP contribution in [-0.4, -0.2) is 46.2 Å². The second kappa shape index (κ2) is 9.62. The van der Waals surface area contributed by atoms with E-state index >= 15 is 0 Å². The number of benzene rings is 2. The van der Waals surface area contributed by atoms with E-state index in [2.05, 4.69) is 10.3 Å². The minimum Gasteiger partial charge on any atom is -0.454 e. The molecule has 9 heteroatoms. The molecule has 3 aromatic rings. The quantitative estimate of drug-likeness (QED) is 0.328. The number of nitrogens with zero attached hydrogens (tertiary/aromatic N) is 2. The van der Waals surface area contributed by atoms with E-state index in [0.717, 1.165) is 10.5 Å². The molecule has 0 saturated carbocycles. The van der Waals surface area contributed by atoms with Crippen LogP contribution in [0, 0.1) is 0 Å². The molecular weight excluding hydrogens is 446 g/mol. The number of amides is 3. The predicted octanol–water partition coefficient (Wildman–Crippen LogP) is 3.12. The first-order valence-corrected chi connectivity index (χ1v) is 10.4. The van der Waals surface area contributed by atoms with Crippen molar-refractivity contribution in [3.63, 3.8) is 0 Å². The van der Waals surface area contributed by atoms with Gasteiger partial charge in [-0.3, -0.25) is 19.3 Å². The molecule has 1 aliphatic rings. The van der Waals surface area contributed by atoms with Crippen molar-refractivity contribution in [1.82, 2.24) is 9.88 Å². The minimum atomic E-state index is -1.24. The smallest absolute Gasteiger partial charge is 0.330 e. The van der Waals surface area contributed by atoms with Crippen LogP contribution in [0.3, 0.4) is 0 Å². The maximum absolute atomic E-state index is 13.0. The van der Waals surface area contributed by atoms with E-state index in [1.54, 1.807) is 48.5 Å². The van der Waals surface area contributed by atoms with Gasteiger partial charge in [0.1, 0.15) is 6.04 Å². The first kappa shape index (κ1) is 22.2. The average Bonchev–Trinajstić information content (AvgIpc) is 3.08. The van der Waals surface area contributed by atoms with Crippen molar-refractivity contribution in [2.75, 3.05) is 11.9 Å². The van der Waals surface area contributed by atoms with Crippen molar-refractivity contribution >= 4 is 41.0 Å². The average molecular weight is 464 g/mol. The van der Waals surface area contributed by atoms with Gasteiger partial charge in [0.25, 0.3) is 17.7 Å². The van der Waals surface area contributed by atoms with E-state index in [0.29, 0.717) is 0 Å². The first-order chi connectivity index (χ1) is 16.0. The fourth-order valence-electron chi connectivity index (χ4n) is 3.51. The van der Waals surface area contributed by atoms with Gasteiger partial charge < -0.3 is 10.1 Å². The molecule has 0 radical (unpaired) electrons. The number of carbonyl (C=O) groups excluding carboxylic acids is 4. The van der Waals surface area contributed by atoms with Crippen molar-refractivity contribution in [1.29, 1.82) is 0 Å². The molecule has 3 amide bonds. The van der Waals surface area contributed by atoms with Crippen molar-refractivity contribution in [2.45, 2.75) is 12.5 Å². The Balaban J connectivity index is 1.52. The van der Waals surface area contributed by atoms with Gasteiger partial charge in [-0.05, 0) is 29.8 Å². The summed E-state index contributed by atoms with van der Waals surface area (Å²) in [6, 6.07) is 17.2. The van der Waals surface area contributed by atoms with E-state index < -0.39 is 36.3 Å². The number of fused-ring (bicyclic) bond motifs is 1. The summed E-state index contributed by atoms with van der Waals surface area (Å²) >= 11 is 5.92. The predicted molar refractivity (Wildman–Crippen MR) is 120 cm³/mol. The SMILES string of the molecule is O=C(COC(=O)[C@H](Cc1ccccc1)N1C(=O)c2ccccc2C1=O)Nc1cccnc1Cl. The summed E-state index contributed by atoms with van der Waals surface area (Å²) in [7, 11) is 0. The van der Waals surface area contributed by atoms with Gasteiger partial charge >= 0.3 is 5.97 Å². The van der Waals surface area contributed by atoms with Gasteiger partial charge in [-0.2, -0.15) is 0 Å². The highest BCUT2D eigenvalue weighted by Gasteiger charge is 2.43. The zero-order chi connectivity index (χ0) is 23.4. The molecule has 0 aliphatic carbocycles. The van der Waals surface area contributed by atoms with E-state index in [-0.39, 0.29) is 28.4 Å². The van der Waals surface area contributed by atoms with Crippen molar-refractivity contribution in [3.8, 4) is 0 Å². The maximum Gasteiger partial charge on any atom is 0.330 e. The number of anilines is 1. The lowest BCUT2D eigenvalue weighted by Gasteiger charge is -2.24. The van der Waals surface area contributed by atoms with Crippen LogP contribution in [0.15, 0.2) is 72.9 Å². The summed E-state index contributed by atoms with van der Waals surface area (Å²) in [6.45, 7) is -0.626. The van der Waals surface area contributed by atoms with Crippen molar-refractivity contribution in [3.05, 3.63) is 94.8 Å². The van der Waals surface area contributed by atoms with E-state index in [1.165, 1.54) is 18.3 Å². The lowest BCUT2D eigenvalue weighted by molar-refractivity contribution is -0.151. The molecule has 0 bridgehead atoms. The number of aromatic nitrogens is 1. The highest BCUT2D eigenvalue weighted by molar-refractivity contribution is 6.32. The Morgan fingerprint density at radius 2 is 1.58 bits per heavy atom. The molecular formula is C24H18ClN3O5. The van der Waals surface area contributed by atoms with Crippen LogP contribution in [0.25, 0.3) is 0 Å². The number of halogens is 1. The second-order valence-corrected chi connectivity index (χ2v) is 7.59. The Labute approximate surface area is 194 Å². The standard InChI is InChI=1S/C24H18ClN3O5/c25-21-18(11-6-12-26-21)27-20(29)14-33-24(32)19(13-15-7-2-1-3-8-15)28-22(30)16-9-4-5-10-17(16)23(28)31/h1-12,19H,13-14H2,(H,27,29)/t19-/m0/s1. The number of hydrogen-bond acceptors (Lipinski definition) is 6. The molecule has 1 N–H and O–H groups in total. The van der Waals surface area contributed by atoms with Crippen LogP contribution in [0.2, 0.25) is 5.15 Å². The molecule has 2 heterocycles. The zero-order valence-corrected chi connectivity index (χ0v) is 18.0. The van der Waals surface area contributed by atoms with Crippen molar-refractivity contribution < 1.29 is 23.9 Å². The van der Waals surface area contributed by atoms with Gasteiger partial charge in [0.2, 0.25) is 0 Å². The summed E-state index contributed by atoms with van der Waals surface area (Å²) in [5, 5.41) is 2.59. The number of esters is 1. The Morgan fingerprint density at radius 1 is 0.939 bits per heavy atom. The monoisotopic (exact) mass is 463 g/mol. The normalized spacial score (nSPS) is 13.4. The Bertz CT molecular complexity index is 1200. The molecule has 1 atom stereocenters. The number of hydrogen-bond donors (Lipinski definition) is 1. The fraction of sp³-hybridized carbons (Fsp3) is 0.125. The van der Waals surface area contributed by atoms with Crippen LogP contribution < -0.4 is 5.32 Å². The van der Waals surface area contributed by atoms with Crippen LogP contribution in [-0.2, 0) is 20.7 Å². The van der Waals surface area contributed by atoms with Gasteiger partial charge in [0.05, 0.1) is 16.8 Å². The highest BCUT2D eigenvalue weighted by Crippen LogP contribution is 2.26. The summed E-state index contributed by atoms with van der Waals surface area (Å²) in [5.41, 5.74) is 1.43. The van der Waals surface area contributed by atoms with Crippen LogP contribution in [0.5, 0.6) is 0 Å². The third kappa shape index (κ3) is 4.75. The molecule has 0 spiro atoms. The van der Waals surface area contributed by atoms with Crippen LogP contribution >= 0.6 is 11.6 Å². The number of nitrogens with one attached hydrogen (secondary N) is 1. The van der Waals surface area contributed by atoms with E-state index in [1.807, 2.05) is 6.07 Å². The van der Waals surface area contributed by atoms with Crippen molar-refractivity contribution in [2.24, 2.45) is 0 Å². The number of rotatable bonds is 7. The molecule has 0 fully saturated rings. The third-order valence-electron chi connectivity index (χ3n) is 5.06. The molecule has 166 valence electrons. The molecule has 2 aromatic carbocycles. The maximum atomic E-state index is 13.0. The summed E-state index contributed by atoms with van der Waals surface area (Å²) in [4.78, 5) is 55.9. The zero-order valence-electron chi connectivity index (χ0n) is 17.2. The largest absolute Gasteiger partial charge is 0.454 e. The Morgan fingerprint density at radius 3 is 2.21 bits per heavy atom. The van der Waals surface area contributed by atoms with E-state index in [4.69, 9.17) is 16.3 Å². The Hall–Kier alpha value is -4.04.